The second-order valence-corrected chi connectivity index (χ2v) is 3.63. The van der Waals surface area contributed by atoms with Gasteiger partial charge >= 0.3 is 12.3 Å². The molecule has 86 valence electrons. The molecular formula is C9H12F4N2. The number of hydrogen-bond donors (Lipinski definition) is 0. The maximum Gasteiger partial charge on any atom is 0.326 e. The van der Waals surface area contributed by atoms with Gasteiger partial charge in [0.15, 0.2) is 0 Å². The Morgan fingerprint density at radius 2 is 2.00 bits per heavy atom. The highest BCUT2D eigenvalue weighted by Crippen LogP contribution is 2.26. The average Bonchev–Trinajstić information content (AvgIpc) is 2.51. The van der Waals surface area contributed by atoms with Crippen LogP contribution in [0, 0.1) is 0 Å². The van der Waals surface area contributed by atoms with Gasteiger partial charge in [0.25, 0.3) is 0 Å². The van der Waals surface area contributed by atoms with Gasteiger partial charge in [0, 0.05) is 11.9 Å². The Hall–Kier alpha value is -1.07. The van der Waals surface area contributed by atoms with Gasteiger partial charge in [-0.1, -0.05) is 13.8 Å². The first-order valence-electron chi connectivity index (χ1n) is 4.52. The zero-order valence-corrected chi connectivity index (χ0v) is 8.42. The lowest BCUT2D eigenvalue weighted by Crippen LogP contribution is -2.33. The Bertz CT molecular complexity index is 320. The molecule has 0 aliphatic rings. The van der Waals surface area contributed by atoms with Gasteiger partial charge in [0.05, 0.1) is 0 Å². The quantitative estimate of drug-likeness (QED) is 0.719. The lowest BCUT2D eigenvalue weighted by atomic mass is 10.1. The first-order chi connectivity index (χ1) is 6.84. The summed E-state index contributed by atoms with van der Waals surface area (Å²) < 4.78 is 50.3. The topological polar surface area (TPSA) is 17.8 Å². The van der Waals surface area contributed by atoms with Crippen molar-refractivity contribution in [3.05, 3.63) is 18.0 Å². The number of hydrogen-bond acceptors (Lipinski definition) is 1. The fourth-order valence-corrected chi connectivity index (χ4v) is 1.23. The van der Waals surface area contributed by atoms with Crippen LogP contribution in [-0.4, -0.2) is 22.1 Å². The smallest absolute Gasteiger partial charge is 0.263 e. The predicted molar refractivity (Wildman–Crippen MR) is 47.3 cm³/mol. The van der Waals surface area contributed by atoms with E-state index in [0.717, 1.165) is 4.68 Å². The number of alkyl halides is 4. The minimum atomic E-state index is -4.03. The molecule has 1 heterocycles. The van der Waals surface area contributed by atoms with Crippen molar-refractivity contribution in [2.75, 3.05) is 0 Å². The largest absolute Gasteiger partial charge is 0.326 e. The van der Waals surface area contributed by atoms with Crippen molar-refractivity contribution in [2.45, 2.75) is 38.7 Å². The summed E-state index contributed by atoms with van der Waals surface area (Å²) >= 11 is 0. The van der Waals surface area contributed by atoms with E-state index in [1.807, 2.05) is 0 Å². The number of nitrogens with zero attached hydrogens (tertiary/aromatic N) is 2. The SMILES string of the molecule is CC(C)c1ccnn1CC(F)(F)C(F)F. The summed E-state index contributed by atoms with van der Waals surface area (Å²) in [6.07, 6.45) is -2.33. The molecule has 15 heavy (non-hydrogen) atoms. The average molecular weight is 224 g/mol. The molecule has 0 amide bonds. The van der Waals surface area contributed by atoms with Gasteiger partial charge in [-0.15, -0.1) is 0 Å². The second kappa shape index (κ2) is 4.20. The van der Waals surface area contributed by atoms with Crippen molar-refractivity contribution in [3.63, 3.8) is 0 Å². The van der Waals surface area contributed by atoms with Crippen molar-refractivity contribution in [3.8, 4) is 0 Å². The normalized spacial score (nSPS) is 12.8. The van der Waals surface area contributed by atoms with Crippen LogP contribution in [0.4, 0.5) is 17.6 Å². The summed E-state index contributed by atoms with van der Waals surface area (Å²) in [5, 5.41) is 3.61. The maximum atomic E-state index is 12.7. The summed E-state index contributed by atoms with van der Waals surface area (Å²) in [6, 6.07) is 1.55. The molecule has 0 unspecified atom stereocenters. The summed E-state index contributed by atoms with van der Waals surface area (Å²) in [4.78, 5) is 0. The van der Waals surface area contributed by atoms with Crippen LogP contribution < -0.4 is 0 Å². The third-order valence-corrected chi connectivity index (χ3v) is 2.02. The summed E-state index contributed by atoms with van der Waals surface area (Å²) in [6.45, 7) is 2.49. The van der Waals surface area contributed by atoms with Crippen LogP contribution in [0.1, 0.15) is 25.5 Å². The number of halogens is 4. The Labute approximate surface area is 84.9 Å². The molecule has 0 fully saturated rings. The molecule has 6 heteroatoms. The van der Waals surface area contributed by atoms with E-state index in [4.69, 9.17) is 0 Å². The fourth-order valence-electron chi connectivity index (χ4n) is 1.23. The Morgan fingerprint density at radius 1 is 1.40 bits per heavy atom. The van der Waals surface area contributed by atoms with Crippen LogP contribution in [0.3, 0.4) is 0 Å². The summed E-state index contributed by atoms with van der Waals surface area (Å²) in [5.41, 5.74) is 0.523. The lowest BCUT2D eigenvalue weighted by Gasteiger charge is -2.17. The molecule has 1 aromatic rings. The van der Waals surface area contributed by atoms with E-state index in [1.54, 1.807) is 19.9 Å². The molecule has 0 spiro atoms. The van der Waals surface area contributed by atoms with Crippen molar-refractivity contribution in [2.24, 2.45) is 0 Å². The summed E-state index contributed by atoms with van der Waals surface area (Å²) in [7, 11) is 0. The monoisotopic (exact) mass is 224 g/mol. The molecule has 0 saturated heterocycles. The molecule has 0 aromatic carbocycles. The lowest BCUT2D eigenvalue weighted by molar-refractivity contribution is -0.139. The maximum absolute atomic E-state index is 12.7. The van der Waals surface area contributed by atoms with E-state index >= 15 is 0 Å². The molecule has 2 nitrogen and oxygen atoms in total. The molecule has 1 aromatic heterocycles. The molecule has 0 N–H and O–H groups in total. The van der Waals surface area contributed by atoms with Gasteiger partial charge in [-0.3, -0.25) is 4.68 Å². The van der Waals surface area contributed by atoms with E-state index in [-0.39, 0.29) is 5.92 Å². The van der Waals surface area contributed by atoms with E-state index in [2.05, 4.69) is 5.10 Å². The van der Waals surface area contributed by atoms with Crippen molar-refractivity contribution >= 4 is 0 Å². The van der Waals surface area contributed by atoms with E-state index in [0.29, 0.717) is 5.69 Å². The van der Waals surface area contributed by atoms with Crippen LogP contribution in [0.25, 0.3) is 0 Å². The van der Waals surface area contributed by atoms with Crippen LogP contribution in [0.5, 0.6) is 0 Å². The van der Waals surface area contributed by atoms with Gasteiger partial charge in [-0.05, 0) is 12.0 Å². The van der Waals surface area contributed by atoms with Crippen molar-refractivity contribution < 1.29 is 17.6 Å². The highest BCUT2D eigenvalue weighted by molar-refractivity contribution is 5.05. The molecule has 0 atom stereocenters. The van der Waals surface area contributed by atoms with Crippen LogP contribution in [-0.2, 0) is 6.54 Å². The fraction of sp³-hybridized carbons (Fsp3) is 0.667. The molecule has 0 aliphatic heterocycles. The molecular weight excluding hydrogens is 212 g/mol. The number of aromatic nitrogens is 2. The van der Waals surface area contributed by atoms with Crippen LogP contribution >= 0.6 is 0 Å². The van der Waals surface area contributed by atoms with Gasteiger partial charge in [0.1, 0.15) is 6.54 Å². The zero-order valence-electron chi connectivity index (χ0n) is 8.42. The van der Waals surface area contributed by atoms with Gasteiger partial charge in [-0.2, -0.15) is 13.9 Å². The molecule has 0 saturated carbocycles. The van der Waals surface area contributed by atoms with Gasteiger partial charge in [-0.25, -0.2) is 8.78 Å². The highest BCUT2D eigenvalue weighted by atomic mass is 19.3. The second-order valence-electron chi connectivity index (χ2n) is 3.63. The third-order valence-electron chi connectivity index (χ3n) is 2.02. The number of rotatable bonds is 4. The Morgan fingerprint density at radius 3 is 2.47 bits per heavy atom. The van der Waals surface area contributed by atoms with Gasteiger partial charge < -0.3 is 0 Å². The Balaban J connectivity index is 2.85. The first kappa shape index (κ1) is 12.0. The van der Waals surface area contributed by atoms with Gasteiger partial charge in [0.2, 0.25) is 0 Å². The zero-order chi connectivity index (χ0) is 11.6. The van der Waals surface area contributed by atoms with E-state index in [1.165, 1.54) is 6.20 Å². The standard InChI is InChI=1S/C9H12F4N2/c1-6(2)7-3-4-14-15(7)5-9(12,13)8(10)11/h3-4,6,8H,5H2,1-2H3. The Kier molecular flexibility index (Phi) is 3.36. The minimum Gasteiger partial charge on any atom is -0.263 e. The van der Waals surface area contributed by atoms with Crippen molar-refractivity contribution in [1.82, 2.24) is 9.78 Å². The van der Waals surface area contributed by atoms with E-state index in [9.17, 15) is 17.6 Å². The molecule has 0 bridgehead atoms. The predicted octanol–water partition coefficient (Wildman–Crippen LogP) is 2.91. The van der Waals surface area contributed by atoms with E-state index < -0.39 is 18.9 Å². The molecule has 1 rings (SSSR count). The highest BCUT2D eigenvalue weighted by Gasteiger charge is 2.41. The van der Waals surface area contributed by atoms with Crippen LogP contribution in [0.15, 0.2) is 12.3 Å². The molecule has 0 radical (unpaired) electrons. The van der Waals surface area contributed by atoms with Crippen molar-refractivity contribution in [1.29, 1.82) is 0 Å². The molecule has 0 aliphatic carbocycles. The summed E-state index contributed by atoms with van der Waals surface area (Å²) in [5.74, 6) is -4.06. The third kappa shape index (κ3) is 2.70. The van der Waals surface area contributed by atoms with Crippen LogP contribution in [0.2, 0.25) is 0 Å². The first-order valence-corrected chi connectivity index (χ1v) is 4.52. The minimum absolute atomic E-state index is 0.0269.